The molecule has 1 heterocycles. The third kappa shape index (κ3) is 3.88. The highest BCUT2D eigenvalue weighted by Crippen LogP contribution is 2.28. The van der Waals surface area contributed by atoms with Crippen LogP contribution in [-0.4, -0.2) is 38.3 Å². The molecule has 0 radical (unpaired) electrons. The Balaban J connectivity index is 2.09. The highest BCUT2D eigenvalue weighted by Gasteiger charge is 2.21. The highest BCUT2D eigenvalue weighted by atomic mass is 16.5. The van der Waals surface area contributed by atoms with Gasteiger partial charge in [0.15, 0.2) is 0 Å². The maximum absolute atomic E-state index is 11.9. The van der Waals surface area contributed by atoms with Gasteiger partial charge < -0.3 is 20.7 Å². The van der Waals surface area contributed by atoms with Crippen molar-refractivity contribution in [3.05, 3.63) is 23.8 Å². The van der Waals surface area contributed by atoms with Gasteiger partial charge >= 0.3 is 0 Å². The number of hydrogen-bond acceptors (Lipinski definition) is 4. The molecule has 0 bridgehead atoms. The van der Waals surface area contributed by atoms with Crippen LogP contribution in [0.5, 0.6) is 0 Å². The van der Waals surface area contributed by atoms with Crippen LogP contribution in [-0.2, 0) is 4.74 Å². The summed E-state index contributed by atoms with van der Waals surface area (Å²) in [7, 11) is 0. The average molecular weight is 291 g/mol. The van der Waals surface area contributed by atoms with E-state index in [2.05, 4.69) is 10.2 Å². The molecule has 5 heteroatoms. The van der Waals surface area contributed by atoms with E-state index in [0.29, 0.717) is 18.2 Å². The van der Waals surface area contributed by atoms with Crippen LogP contribution in [0.2, 0.25) is 0 Å². The topological polar surface area (TPSA) is 67.6 Å². The Morgan fingerprint density at radius 1 is 1.38 bits per heavy atom. The molecule has 0 unspecified atom stereocenters. The van der Waals surface area contributed by atoms with Crippen LogP contribution in [0.25, 0.3) is 0 Å². The molecule has 1 aromatic carbocycles. The standard InChI is InChI=1S/C16H25N3O2/c1-3-18-16(20)12-5-6-14(17)15(11-12)19-9-7-13(8-10-19)21-4-2/h5-6,11,13H,3-4,7-10,17H2,1-2H3,(H,18,20). The third-order valence-electron chi connectivity index (χ3n) is 3.82. The molecule has 1 amide bonds. The van der Waals surface area contributed by atoms with Crippen molar-refractivity contribution in [2.45, 2.75) is 32.8 Å². The minimum atomic E-state index is -0.0528. The Hall–Kier alpha value is -1.75. The lowest BCUT2D eigenvalue weighted by molar-refractivity contribution is 0.0459. The smallest absolute Gasteiger partial charge is 0.251 e. The van der Waals surface area contributed by atoms with E-state index in [1.54, 1.807) is 6.07 Å². The maximum Gasteiger partial charge on any atom is 0.251 e. The lowest BCUT2D eigenvalue weighted by Crippen LogP contribution is -2.37. The Morgan fingerprint density at radius 2 is 2.10 bits per heavy atom. The average Bonchev–Trinajstić information content (AvgIpc) is 2.49. The maximum atomic E-state index is 11.9. The Kier molecular flexibility index (Phi) is 5.44. The lowest BCUT2D eigenvalue weighted by atomic mass is 10.0. The Morgan fingerprint density at radius 3 is 2.71 bits per heavy atom. The van der Waals surface area contributed by atoms with E-state index in [4.69, 9.17) is 10.5 Å². The molecule has 1 saturated heterocycles. The first-order valence-electron chi connectivity index (χ1n) is 7.70. The summed E-state index contributed by atoms with van der Waals surface area (Å²) in [5.74, 6) is -0.0528. The van der Waals surface area contributed by atoms with Gasteiger partial charge in [0.1, 0.15) is 0 Å². The number of carbonyl (C=O) groups is 1. The first-order chi connectivity index (χ1) is 10.2. The molecule has 116 valence electrons. The van der Waals surface area contributed by atoms with Gasteiger partial charge in [-0.1, -0.05) is 0 Å². The third-order valence-corrected chi connectivity index (χ3v) is 3.82. The number of anilines is 2. The molecular weight excluding hydrogens is 266 g/mol. The first kappa shape index (κ1) is 15.6. The first-order valence-corrected chi connectivity index (χ1v) is 7.70. The van der Waals surface area contributed by atoms with E-state index in [1.165, 1.54) is 0 Å². The summed E-state index contributed by atoms with van der Waals surface area (Å²) in [6.45, 7) is 7.15. The van der Waals surface area contributed by atoms with Gasteiger partial charge in [-0.2, -0.15) is 0 Å². The van der Waals surface area contributed by atoms with Crippen molar-refractivity contribution in [2.75, 3.05) is 36.9 Å². The predicted molar refractivity (Wildman–Crippen MR) is 85.7 cm³/mol. The van der Waals surface area contributed by atoms with Crippen LogP contribution in [0.1, 0.15) is 37.0 Å². The van der Waals surface area contributed by atoms with Gasteiger partial charge in [-0.3, -0.25) is 4.79 Å². The molecular formula is C16H25N3O2. The van der Waals surface area contributed by atoms with Crippen LogP contribution in [0.3, 0.4) is 0 Å². The van der Waals surface area contributed by atoms with E-state index in [9.17, 15) is 4.79 Å². The van der Waals surface area contributed by atoms with Crippen molar-refractivity contribution < 1.29 is 9.53 Å². The fourth-order valence-corrected chi connectivity index (χ4v) is 2.72. The lowest BCUT2D eigenvalue weighted by Gasteiger charge is -2.34. The second-order valence-electron chi connectivity index (χ2n) is 5.27. The molecule has 1 fully saturated rings. The minimum Gasteiger partial charge on any atom is -0.397 e. The SMILES string of the molecule is CCNC(=O)c1ccc(N)c(N2CCC(OCC)CC2)c1. The van der Waals surface area contributed by atoms with Crippen LogP contribution >= 0.6 is 0 Å². The Bertz CT molecular complexity index is 482. The van der Waals surface area contributed by atoms with Gasteiger partial charge in [-0.05, 0) is 44.9 Å². The molecule has 21 heavy (non-hydrogen) atoms. The van der Waals surface area contributed by atoms with Gasteiger partial charge in [0, 0.05) is 31.8 Å². The zero-order chi connectivity index (χ0) is 15.2. The van der Waals surface area contributed by atoms with Crippen molar-refractivity contribution in [1.29, 1.82) is 0 Å². The summed E-state index contributed by atoms with van der Waals surface area (Å²) < 4.78 is 5.67. The number of carbonyl (C=O) groups excluding carboxylic acids is 1. The summed E-state index contributed by atoms with van der Waals surface area (Å²) in [4.78, 5) is 14.2. The molecule has 1 aromatic rings. The van der Waals surface area contributed by atoms with Crippen LogP contribution < -0.4 is 16.0 Å². The number of nitrogens with zero attached hydrogens (tertiary/aromatic N) is 1. The predicted octanol–water partition coefficient (Wildman–Crippen LogP) is 2.02. The van der Waals surface area contributed by atoms with E-state index in [0.717, 1.165) is 43.9 Å². The van der Waals surface area contributed by atoms with Crippen LogP contribution in [0, 0.1) is 0 Å². The summed E-state index contributed by atoms with van der Waals surface area (Å²) in [5, 5.41) is 2.82. The van der Waals surface area contributed by atoms with Gasteiger partial charge in [0.25, 0.3) is 5.91 Å². The molecule has 0 aliphatic carbocycles. The van der Waals surface area contributed by atoms with Crippen molar-refractivity contribution in [2.24, 2.45) is 0 Å². The number of nitrogens with two attached hydrogens (primary N) is 1. The van der Waals surface area contributed by atoms with Crippen molar-refractivity contribution >= 4 is 17.3 Å². The van der Waals surface area contributed by atoms with E-state index >= 15 is 0 Å². The molecule has 3 N–H and O–H groups in total. The van der Waals surface area contributed by atoms with Gasteiger partial charge in [-0.25, -0.2) is 0 Å². The number of nitrogens with one attached hydrogen (secondary N) is 1. The molecule has 0 atom stereocenters. The van der Waals surface area contributed by atoms with E-state index in [-0.39, 0.29) is 5.91 Å². The van der Waals surface area contributed by atoms with E-state index in [1.807, 2.05) is 26.0 Å². The largest absolute Gasteiger partial charge is 0.397 e. The quantitative estimate of drug-likeness (QED) is 0.815. The van der Waals surface area contributed by atoms with Crippen molar-refractivity contribution in [1.82, 2.24) is 5.32 Å². The summed E-state index contributed by atoms with van der Waals surface area (Å²) in [5.41, 5.74) is 8.42. The van der Waals surface area contributed by atoms with Crippen LogP contribution in [0.15, 0.2) is 18.2 Å². The normalized spacial score (nSPS) is 16.0. The van der Waals surface area contributed by atoms with Gasteiger partial charge in [-0.15, -0.1) is 0 Å². The monoisotopic (exact) mass is 291 g/mol. The van der Waals surface area contributed by atoms with E-state index < -0.39 is 0 Å². The number of piperidine rings is 1. The van der Waals surface area contributed by atoms with Gasteiger partial charge in [0.05, 0.1) is 17.5 Å². The number of rotatable bonds is 5. The summed E-state index contributed by atoms with van der Waals surface area (Å²) >= 11 is 0. The molecule has 5 nitrogen and oxygen atoms in total. The Labute approximate surface area is 126 Å². The number of benzene rings is 1. The highest BCUT2D eigenvalue weighted by molar-refractivity contribution is 5.96. The molecule has 0 spiro atoms. The fraction of sp³-hybridized carbons (Fsp3) is 0.562. The molecule has 0 saturated carbocycles. The zero-order valence-corrected chi connectivity index (χ0v) is 12.9. The summed E-state index contributed by atoms with van der Waals surface area (Å²) in [6.07, 6.45) is 2.34. The number of hydrogen-bond donors (Lipinski definition) is 2. The van der Waals surface area contributed by atoms with Gasteiger partial charge in [0.2, 0.25) is 0 Å². The molecule has 0 aromatic heterocycles. The minimum absolute atomic E-state index is 0.0528. The molecule has 2 rings (SSSR count). The zero-order valence-electron chi connectivity index (χ0n) is 12.9. The second kappa shape index (κ2) is 7.31. The van der Waals surface area contributed by atoms with Crippen molar-refractivity contribution in [3.8, 4) is 0 Å². The van der Waals surface area contributed by atoms with Crippen LogP contribution in [0.4, 0.5) is 11.4 Å². The second-order valence-corrected chi connectivity index (χ2v) is 5.27. The molecule has 1 aliphatic heterocycles. The number of ether oxygens (including phenoxy) is 1. The number of amides is 1. The summed E-state index contributed by atoms with van der Waals surface area (Å²) in [6, 6.07) is 5.48. The van der Waals surface area contributed by atoms with Crippen molar-refractivity contribution in [3.63, 3.8) is 0 Å². The number of nitrogen functional groups attached to an aromatic ring is 1. The fourth-order valence-electron chi connectivity index (χ4n) is 2.72. The molecule has 1 aliphatic rings.